The zero-order valence-electron chi connectivity index (χ0n) is 19.4. The van der Waals surface area contributed by atoms with E-state index in [2.05, 4.69) is 6.92 Å². The van der Waals surface area contributed by atoms with E-state index in [0.717, 1.165) is 42.2 Å². The maximum atomic E-state index is 13.5. The summed E-state index contributed by atoms with van der Waals surface area (Å²) in [5, 5.41) is 0. The lowest BCUT2D eigenvalue weighted by molar-refractivity contribution is 0.141. The molecule has 2 aromatic rings. The smallest absolute Gasteiger partial charge is 0.194 e. The van der Waals surface area contributed by atoms with Crippen molar-refractivity contribution in [3.05, 3.63) is 59.4 Å². The lowest BCUT2D eigenvalue weighted by Gasteiger charge is -2.38. The quantitative estimate of drug-likeness (QED) is 0.375. The molecule has 3 heteroatoms. The average molecular weight is 443 g/mol. The number of hydrogen-bond acceptors (Lipinski definition) is 0. The van der Waals surface area contributed by atoms with Crippen LogP contribution >= 0.6 is 0 Å². The third kappa shape index (κ3) is 5.77. The van der Waals surface area contributed by atoms with Crippen molar-refractivity contribution in [2.45, 2.75) is 84.0 Å². The fraction of sp³-hybridized carbons (Fsp3) is 0.586. The molecule has 0 radical (unpaired) electrons. The molecule has 0 aliphatic heterocycles. The van der Waals surface area contributed by atoms with E-state index in [1.54, 1.807) is 0 Å². The molecule has 0 saturated heterocycles. The average Bonchev–Trinajstić information content (AvgIpc) is 2.82. The maximum absolute atomic E-state index is 13.5. The van der Waals surface area contributed by atoms with Crippen molar-refractivity contribution in [1.29, 1.82) is 0 Å². The molecule has 2 aromatic carbocycles. The zero-order valence-corrected chi connectivity index (χ0v) is 19.4. The minimum Gasteiger partial charge on any atom is -0.204 e. The Hall–Kier alpha value is -1.77. The van der Waals surface area contributed by atoms with E-state index in [4.69, 9.17) is 0 Å². The first-order valence-electron chi connectivity index (χ1n) is 12.8. The zero-order chi connectivity index (χ0) is 22.5. The monoisotopic (exact) mass is 442 g/mol. The van der Waals surface area contributed by atoms with Gasteiger partial charge in [0.2, 0.25) is 0 Å². The fourth-order valence-electron chi connectivity index (χ4n) is 6.26. The highest BCUT2D eigenvalue weighted by atomic mass is 19.2. The Morgan fingerprint density at radius 1 is 0.656 bits per heavy atom. The molecule has 0 spiro atoms. The van der Waals surface area contributed by atoms with Gasteiger partial charge in [0.25, 0.3) is 0 Å². The second kappa shape index (κ2) is 10.9. The second-order valence-electron chi connectivity index (χ2n) is 10.3. The summed E-state index contributed by atoms with van der Waals surface area (Å²) in [6.45, 7) is 2.32. The minimum absolute atomic E-state index is 0.370. The Morgan fingerprint density at radius 2 is 1.16 bits per heavy atom. The van der Waals surface area contributed by atoms with E-state index in [-0.39, 0.29) is 0 Å². The van der Waals surface area contributed by atoms with E-state index in [0.29, 0.717) is 11.1 Å². The van der Waals surface area contributed by atoms with Crippen molar-refractivity contribution in [2.24, 2.45) is 23.7 Å². The van der Waals surface area contributed by atoms with Gasteiger partial charge in [-0.1, -0.05) is 69.7 Å². The predicted molar refractivity (Wildman–Crippen MR) is 126 cm³/mol. The molecular formula is C29H37F3. The Bertz CT molecular complexity index is 833. The number of benzene rings is 2. The maximum Gasteiger partial charge on any atom is 0.194 e. The van der Waals surface area contributed by atoms with Crippen LogP contribution in [0.1, 0.15) is 83.1 Å². The van der Waals surface area contributed by atoms with Gasteiger partial charge < -0.3 is 0 Å². The number of hydrogen-bond donors (Lipinski definition) is 0. The normalized spacial score (nSPS) is 26.2. The lowest BCUT2D eigenvalue weighted by Crippen LogP contribution is -2.26. The van der Waals surface area contributed by atoms with Gasteiger partial charge in [0.1, 0.15) is 0 Å². The first-order chi connectivity index (χ1) is 15.5. The van der Waals surface area contributed by atoms with Crippen LogP contribution in [0, 0.1) is 41.1 Å². The molecule has 32 heavy (non-hydrogen) atoms. The van der Waals surface area contributed by atoms with Crippen LogP contribution in [-0.2, 0) is 6.42 Å². The molecular weight excluding hydrogens is 405 g/mol. The van der Waals surface area contributed by atoms with Gasteiger partial charge in [-0.25, -0.2) is 13.2 Å². The first kappa shape index (κ1) is 23.4. The van der Waals surface area contributed by atoms with Crippen LogP contribution in [0.25, 0.3) is 11.1 Å². The highest BCUT2D eigenvalue weighted by molar-refractivity contribution is 5.63. The van der Waals surface area contributed by atoms with Crippen LogP contribution in [0.3, 0.4) is 0 Å². The molecule has 2 aliphatic rings. The minimum atomic E-state index is -1.41. The topological polar surface area (TPSA) is 0 Å². The van der Waals surface area contributed by atoms with E-state index in [1.807, 2.05) is 24.3 Å². The van der Waals surface area contributed by atoms with Crippen molar-refractivity contribution < 1.29 is 13.2 Å². The summed E-state index contributed by atoms with van der Waals surface area (Å²) in [5.74, 6) is 0.0664. The molecule has 2 fully saturated rings. The molecule has 0 atom stereocenters. The van der Waals surface area contributed by atoms with Gasteiger partial charge in [-0.3, -0.25) is 0 Å². The van der Waals surface area contributed by atoms with E-state index < -0.39 is 17.5 Å². The molecule has 2 aliphatic carbocycles. The Morgan fingerprint density at radius 3 is 1.66 bits per heavy atom. The first-order valence-corrected chi connectivity index (χ1v) is 12.8. The van der Waals surface area contributed by atoms with Crippen LogP contribution in [0.4, 0.5) is 13.2 Å². The molecule has 0 unspecified atom stereocenters. The predicted octanol–water partition coefficient (Wildman–Crippen LogP) is 9.12. The third-order valence-electron chi connectivity index (χ3n) is 8.26. The van der Waals surface area contributed by atoms with E-state index in [1.165, 1.54) is 76.2 Å². The fourth-order valence-corrected chi connectivity index (χ4v) is 6.26. The molecule has 0 N–H and O–H groups in total. The van der Waals surface area contributed by atoms with Gasteiger partial charge in [0, 0.05) is 0 Å². The highest BCUT2D eigenvalue weighted by Gasteiger charge is 2.30. The summed E-state index contributed by atoms with van der Waals surface area (Å²) < 4.78 is 40.2. The summed E-state index contributed by atoms with van der Waals surface area (Å²) in [7, 11) is 0. The molecule has 0 nitrogen and oxygen atoms in total. The second-order valence-corrected chi connectivity index (χ2v) is 10.3. The summed E-state index contributed by atoms with van der Waals surface area (Å²) in [5.41, 5.74) is 2.34. The van der Waals surface area contributed by atoms with E-state index in [9.17, 15) is 13.2 Å². The molecule has 0 heterocycles. The Kier molecular flexibility index (Phi) is 7.97. The Balaban J connectivity index is 1.22. The Labute approximate surface area is 191 Å². The van der Waals surface area contributed by atoms with Crippen molar-refractivity contribution in [1.82, 2.24) is 0 Å². The number of rotatable bonds is 7. The van der Waals surface area contributed by atoms with Gasteiger partial charge in [0.05, 0.1) is 0 Å². The van der Waals surface area contributed by atoms with Crippen LogP contribution in [0.2, 0.25) is 0 Å². The lowest BCUT2D eigenvalue weighted by atomic mass is 9.68. The van der Waals surface area contributed by atoms with Gasteiger partial charge >= 0.3 is 0 Å². The summed E-state index contributed by atoms with van der Waals surface area (Å²) in [4.78, 5) is 0. The van der Waals surface area contributed by atoms with E-state index >= 15 is 0 Å². The van der Waals surface area contributed by atoms with Crippen molar-refractivity contribution in [2.75, 3.05) is 0 Å². The van der Waals surface area contributed by atoms with Crippen molar-refractivity contribution in [3.63, 3.8) is 0 Å². The van der Waals surface area contributed by atoms with Crippen LogP contribution < -0.4 is 0 Å². The number of aryl methyl sites for hydroxylation is 1. The molecule has 0 aromatic heterocycles. The van der Waals surface area contributed by atoms with Gasteiger partial charge in [-0.05, 0) is 91.0 Å². The third-order valence-corrected chi connectivity index (χ3v) is 8.26. The van der Waals surface area contributed by atoms with Crippen LogP contribution in [-0.4, -0.2) is 0 Å². The molecule has 4 rings (SSSR count). The molecule has 0 amide bonds. The van der Waals surface area contributed by atoms with Crippen LogP contribution in [0.5, 0.6) is 0 Å². The van der Waals surface area contributed by atoms with Crippen molar-refractivity contribution in [3.8, 4) is 11.1 Å². The SMILES string of the molecule is CCC[C@H]1CC[C@H]([C@H]2CC[C@H](CCc3ccc(-c4cc(F)c(F)c(F)c4)cc3)CC2)CC1. The molecule has 2 saturated carbocycles. The van der Waals surface area contributed by atoms with Crippen LogP contribution in [0.15, 0.2) is 36.4 Å². The highest BCUT2D eigenvalue weighted by Crippen LogP contribution is 2.43. The number of halogens is 3. The van der Waals surface area contributed by atoms with Crippen molar-refractivity contribution >= 4 is 0 Å². The standard InChI is InChI=1S/C29H37F3/c1-2-3-20-6-12-23(13-7-20)24-14-8-21(9-15-24)4-5-22-10-16-25(17-11-22)26-18-27(30)29(32)28(31)19-26/h10-11,16-21,23-24H,2-9,12-15H2,1H3/t20-,21-,23-,24-. The van der Waals surface area contributed by atoms with Gasteiger partial charge in [-0.2, -0.15) is 0 Å². The summed E-state index contributed by atoms with van der Waals surface area (Å²) >= 11 is 0. The molecule has 174 valence electrons. The summed E-state index contributed by atoms with van der Waals surface area (Å²) in [6, 6.07) is 9.95. The summed E-state index contributed by atoms with van der Waals surface area (Å²) in [6.07, 6.45) is 16.4. The largest absolute Gasteiger partial charge is 0.204 e. The molecule has 0 bridgehead atoms. The van der Waals surface area contributed by atoms with Gasteiger partial charge in [-0.15, -0.1) is 0 Å². The van der Waals surface area contributed by atoms with Gasteiger partial charge in [0.15, 0.2) is 17.5 Å².